The van der Waals surface area contributed by atoms with Crippen LogP contribution in [0.15, 0.2) is 54.7 Å². The number of hydrogen-bond acceptors (Lipinski definition) is 6. The van der Waals surface area contributed by atoms with E-state index >= 15 is 0 Å². The summed E-state index contributed by atoms with van der Waals surface area (Å²) in [7, 11) is 0. The number of esters is 1. The van der Waals surface area contributed by atoms with Gasteiger partial charge in [0, 0.05) is 18.7 Å². The van der Waals surface area contributed by atoms with E-state index in [2.05, 4.69) is 46.5 Å². The Balaban J connectivity index is 1.26. The number of carbonyl (C=O) groups is 2. The Kier molecular flexibility index (Phi) is 7.82. The summed E-state index contributed by atoms with van der Waals surface area (Å²) in [5.74, 6) is 0.0829. The van der Waals surface area contributed by atoms with Gasteiger partial charge in [-0.25, -0.2) is 9.48 Å². The number of nitrogens with one attached hydrogen (secondary N) is 1. The standard InChI is InChI=1S/C27H33N5O3/c1-3-35-27(34)24-17-30-32(25(24)28)23-10-8-22(9-11-23)26(33)29-16-20-12-14-31(15-13-20)18-21-6-4-19(2)5-7-21/h4-11,17,20H,3,12-16,18,28H2,1-2H3,(H,29,33). The van der Waals surface area contributed by atoms with Gasteiger partial charge >= 0.3 is 5.97 Å². The molecule has 0 spiro atoms. The third-order valence-electron chi connectivity index (χ3n) is 6.46. The van der Waals surface area contributed by atoms with Crippen molar-refractivity contribution in [3.05, 3.63) is 77.0 Å². The van der Waals surface area contributed by atoms with Gasteiger partial charge in [0.15, 0.2) is 0 Å². The second-order valence-corrected chi connectivity index (χ2v) is 9.04. The zero-order valence-electron chi connectivity index (χ0n) is 20.4. The first-order chi connectivity index (χ1) is 16.9. The molecule has 0 atom stereocenters. The molecular formula is C27H33N5O3. The van der Waals surface area contributed by atoms with Crippen LogP contribution in [0.2, 0.25) is 0 Å². The van der Waals surface area contributed by atoms with Crippen LogP contribution in [0.1, 0.15) is 51.6 Å². The zero-order chi connectivity index (χ0) is 24.8. The summed E-state index contributed by atoms with van der Waals surface area (Å²) < 4.78 is 6.45. The molecule has 184 valence electrons. The monoisotopic (exact) mass is 475 g/mol. The molecule has 1 aromatic heterocycles. The second-order valence-electron chi connectivity index (χ2n) is 9.04. The maximum Gasteiger partial charge on any atom is 0.343 e. The summed E-state index contributed by atoms with van der Waals surface area (Å²) in [6, 6.07) is 15.7. The lowest BCUT2D eigenvalue weighted by molar-refractivity contribution is 0.0527. The Labute approximate surface area is 206 Å². The lowest BCUT2D eigenvalue weighted by Crippen LogP contribution is -2.38. The molecule has 1 amide bonds. The molecule has 8 heteroatoms. The summed E-state index contributed by atoms with van der Waals surface area (Å²) in [4.78, 5) is 27.1. The summed E-state index contributed by atoms with van der Waals surface area (Å²) in [5.41, 5.74) is 10.2. The Morgan fingerprint density at radius 3 is 2.43 bits per heavy atom. The number of nitrogens with zero attached hydrogens (tertiary/aromatic N) is 3. The van der Waals surface area contributed by atoms with E-state index in [4.69, 9.17) is 10.5 Å². The van der Waals surface area contributed by atoms with E-state index in [1.165, 1.54) is 22.0 Å². The molecule has 1 aliphatic heterocycles. The van der Waals surface area contributed by atoms with Gasteiger partial charge in [-0.3, -0.25) is 9.69 Å². The number of nitrogen functional groups attached to an aromatic ring is 1. The van der Waals surface area contributed by atoms with Crippen molar-refractivity contribution in [3.63, 3.8) is 0 Å². The Morgan fingerprint density at radius 1 is 1.09 bits per heavy atom. The Morgan fingerprint density at radius 2 is 1.77 bits per heavy atom. The summed E-state index contributed by atoms with van der Waals surface area (Å²) in [6.07, 6.45) is 3.54. The molecule has 0 radical (unpaired) electrons. The van der Waals surface area contributed by atoms with Gasteiger partial charge in [0.2, 0.25) is 0 Å². The van der Waals surface area contributed by atoms with Gasteiger partial charge in [0.25, 0.3) is 5.91 Å². The summed E-state index contributed by atoms with van der Waals surface area (Å²) >= 11 is 0. The van der Waals surface area contributed by atoms with Crippen LogP contribution in [-0.4, -0.2) is 52.8 Å². The first-order valence-electron chi connectivity index (χ1n) is 12.1. The van der Waals surface area contributed by atoms with E-state index in [1.54, 1.807) is 31.2 Å². The number of carbonyl (C=O) groups excluding carboxylic acids is 2. The molecule has 1 fully saturated rings. The number of rotatable bonds is 8. The second kappa shape index (κ2) is 11.2. The van der Waals surface area contributed by atoms with Crippen LogP contribution < -0.4 is 11.1 Å². The highest BCUT2D eigenvalue weighted by atomic mass is 16.5. The van der Waals surface area contributed by atoms with Crippen LogP contribution in [0.3, 0.4) is 0 Å². The highest BCUT2D eigenvalue weighted by molar-refractivity contribution is 5.95. The van der Waals surface area contributed by atoms with Crippen LogP contribution in [-0.2, 0) is 11.3 Å². The van der Waals surface area contributed by atoms with E-state index in [9.17, 15) is 9.59 Å². The molecule has 0 bridgehead atoms. The fraction of sp³-hybridized carbons (Fsp3) is 0.370. The van der Waals surface area contributed by atoms with Crippen LogP contribution >= 0.6 is 0 Å². The van der Waals surface area contributed by atoms with E-state index in [0.717, 1.165) is 32.5 Å². The lowest BCUT2D eigenvalue weighted by atomic mass is 9.96. The minimum atomic E-state index is -0.506. The predicted molar refractivity (Wildman–Crippen MR) is 135 cm³/mol. The molecule has 35 heavy (non-hydrogen) atoms. The van der Waals surface area contributed by atoms with Gasteiger partial charge in [-0.05, 0) is 75.5 Å². The smallest absolute Gasteiger partial charge is 0.343 e. The number of benzene rings is 2. The van der Waals surface area contributed by atoms with Crippen molar-refractivity contribution in [2.45, 2.75) is 33.2 Å². The van der Waals surface area contributed by atoms with Crippen LogP contribution in [0.5, 0.6) is 0 Å². The molecule has 1 aliphatic rings. The van der Waals surface area contributed by atoms with Crippen molar-refractivity contribution in [3.8, 4) is 5.69 Å². The number of hydrogen-bond donors (Lipinski definition) is 2. The SMILES string of the molecule is CCOC(=O)c1cnn(-c2ccc(C(=O)NCC3CCN(Cc4ccc(C)cc4)CC3)cc2)c1N. The molecule has 0 unspecified atom stereocenters. The first kappa shape index (κ1) is 24.5. The summed E-state index contributed by atoms with van der Waals surface area (Å²) in [6.45, 7) is 7.85. The van der Waals surface area contributed by atoms with Crippen molar-refractivity contribution in [2.24, 2.45) is 5.92 Å². The van der Waals surface area contributed by atoms with Crippen molar-refractivity contribution >= 4 is 17.7 Å². The van der Waals surface area contributed by atoms with Gasteiger partial charge < -0.3 is 15.8 Å². The van der Waals surface area contributed by atoms with E-state index in [1.807, 2.05) is 0 Å². The average Bonchev–Trinajstić information content (AvgIpc) is 3.26. The number of aryl methyl sites for hydroxylation is 1. The molecule has 0 aliphatic carbocycles. The molecule has 8 nitrogen and oxygen atoms in total. The minimum absolute atomic E-state index is 0.0979. The van der Waals surface area contributed by atoms with Crippen LogP contribution in [0, 0.1) is 12.8 Å². The van der Waals surface area contributed by atoms with Crippen molar-refractivity contribution in [1.29, 1.82) is 0 Å². The lowest BCUT2D eigenvalue weighted by Gasteiger charge is -2.32. The number of amides is 1. The number of nitrogens with two attached hydrogens (primary N) is 1. The Hall–Kier alpha value is -3.65. The fourth-order valence-electron chi connectivity index (χ4n) is 4.32. The third kappa shape index (κ3) is 6.08. The highest BCUT2D eigenvalue weighted by Crippen LogP contribution is 2.20. The van der Waals surface area contributed by atoms with Crippen molar-refractivity contribution in [2.75, 3.05) is 32.0 Å². The summed E-state index contributed by atoms with van der Waals surface area (Å²) in [5, 5.41) is 7.26. The highest BCUT2D eigenvalue weighted by Gasteiger charge is 2.21. The topological polar surface area (TPSA) is 102 Å². The van der Waals surface area contributed by atoms with Gasteiger partial charge in [-0.15, -0.1) is 0 Å². The van der Waals surface area contributed by atoms with Crippen molar-refractivity contribution < 1.29 is 14.3 Å². The van der Waals surface area contributed by atoms with E-state index in [0.29, 0.717) is 23.7 Å². The largest absolute Gasteiger partial charge is 0.462 e. The number of aromatic nitrogens is 2. The normalized spacial score (nSPS) is 14.6. The number of likely N-dealkylation sites (tertiary alicyclic amines) is 1. The fourth-order valence-corrected chi connectivity index (χ4v) is 4.32. The predicted octanol–water partition coefficient (Wildman–Crippen LogP) is 3.58. The Bertz CT molecular complexity index is 1150. The van der Waals surface area contributed by atoms with E-state index in [-0.39, 0.29) is 23.9 Å². The number of piperidine rings is 1. The molecule has 1 saturated heterocycles. The quantitative estimate of drug-likeness (QED) is 0.483. The zero-order valence-corrected chi connectivity index (χ0v) is 20.4. The van der Waals surface area contributed by atoms with Gasteiger partial charge in [-0.1, -0.05) is 29.8 Å². The molecule has 3 aromatic rings. The molecular weight excluding hydrogens is 442 g/mol. The average molecular weight is 476 g/mol. The van der Waals surface area contributed by atoms with E-state index < -0.39 is 5.97 Å². The van der Waals surface area contributed by atoms with Crippen LogP contribution in [0.25, 0.3) is 5.69 Å². The molecule has 2 aromatic carbocycles. The van der Waals surface area contributed by atoms with Gasteiger partial charge in [0.1, 0.15) is 11.4 Å². The first-order valence-corrected chi connectivity index (χ1v) is 12.1. The minimum Gasteiger partial charge on any atom is -0.462 e. The molecule has 0 saturated carbocycles. The molecule has 3 N–H and O–H groups in total. The maximum atomic E-state index is 12.7. The van der Waals surface area contributed by atoms with Crippen LogP contribution in [0.4, 0.5) is 5.82 Å². The van der Waals surface area contributed by atoms with Gasteiger partial charge in [0.05, 0.1) is 18.5 Å². The maximum absolute atomic E-state index is 12.7. The molecule has 4 rings (SSSR count). The number of ether oxygens (including phenoxy) is 1. The third-order valence-corrected chi connectivity index (χ3v) is 6.46. The van der Waals surface area contributed by atoms with Gasteiger partial charge in [-0.2, -0.15) is 5.10 Å². The van der Waals surface area contributed by atoms with Crippen molar-refractivity contribution in [1.82, 2.24) is 20.0 Å². The molecule has 2 heterocycles. The number of anilines is 1.